The van der Waals surface area contributed by atoms with Crippen molar-refractivity contribution in [3.63, 3.8) is 0 Å². The first-order valence-electron chi connectivity index (χ1n) is 6.06. The maximum absolute atomic E-state index is 5.41. The molecule has 4 heteroatoms. The lowest BCUT2D eigenvalue weighted by atomic mass is 10.1. The van der Waals surface area contributed by atoms with Gasteiger partial charge in [-0.3, -0.25) is 0 Å². The molecule has 0 aliphatic rings. The Labute approximate surface area is 109 Å². The van der Waals surface area contributed by atoms with Crippen molar-refractivity contribution >= 4 is 0 Å². The van der Waals surface area contributed by atoms with E-state index in [-0.39, 0.29) is 0 Å². The smallest absolute Gasteiger partial charge is 0.129 e. The average Bonchev–Trinajstić information content (AvgIpc) is 2.37. The van der Waals surface area contributed by atoms with Crippen molar-refractivity contribution < 1.29 is 14.2 Å². The third-order valence-electron chi connectivity index (χ3n) is 2.85. The fourth-order valence-corrected chi connectivity index (χ4v) is 1.90. The van der Waals surface area contributed by atoms with Gasteiger partial charge in [0.1, 0.15) is 17.2 Å². The highest BCUT2D eigenvalue weighted by atomic mass is 16.5. The molecule has 0 bridgehead atoms. The van der Waals surface area contributed by atoms with E-state index in [0.29, 0.717) is 0 Å². The van der Waals surface area contributed by atoms with E-state index in [1.165, 1.54) is 0 Å². The van der Waals surface area contributed by atoms with Crippen molar-refractivity contribution in [3.8, 4) is 17.2 Å². The second kappa shape index (κ2) is 7.11. The Morgan fingerprint density at radius 1 is 0.944 bits per heavy atom. The van der Waals surface area contributed by atoms with E-state index in [4.69, 9.17) is 14.2 Å². The normalized spacial score (nSPS) is 10.6. The van der Waals surface area contributed by atoms with Crippen molar-refractivity contribution in [1.29, 1.82) is 0 Å². The molecule has 0 radical (unpaired) electrons. The Bertz CT molecular complexity index is 352. The quantitative estimate of drug-likeness (QED) is 0.745. The number of methoxy groups -OCH3 is 3. The SMILES string of the molecule is COc1cc(OC)c(CCCN(C)C)c(OC)c1. The highest BCUT2D eigenvalue weighted by molar-refractivity contribution is 5.50. The molecule has 1 rings (SSSR count). The molecule has 0 N–H and O–H groups in total. The molecule has 0 atom stereocenters. The summed E-state index contributed by atoms with van der Waals surface area (Å²) in [6, 6.07) is 3.79. The number of nitrogens with zero attached hydrogens (tertiary/aromatic N) is 1. The Balaban J connectivity index is 2.92. The summed E-state index contributed by atoms with van der Waals surface area (Å²) in [5.41, 5.74) is 1.10. The number of hydrogen-bond donors (Lipinski definition) is 0. The molecule has 0 saturated heterocycles. The van der Waals surface area contributed by atoms with Crippen LogP contribution in [0.3, 0.4) is 0 Å². The molecule has 0 aromatic heterocycles. The molecule has 0 aliphatic heterocycles. The van der Waals surface area contributed by atoms with E-state index in [1.54, 1.807) is 21.3 Å². The minimum absolute atomic E-state index is 0.750. The van der Waals surface area contributed by atoms with Crippen LogP contribution < -0.4 is 14.2 Å². The van der Waals surface area contributed by atoms with E-state index in [1.807, 2.05) is 12.1 Å². The second-order valence-corrected chi connectivity index (χ2v) is 4.42. The van der Waals surface area contributed by atoms with Gasteiger partial charge in [0.05, 0.1) is 21.3 Å². The van der Waals surface area contributed by atoms with Crippen LogP contribution in [0.1, 0.15) is 12.0 Å². The van der Waals surface area contributed by atoms with Crippen LogP contribution in [0.25, 0.3) is 0 Å². The van der Waals surface area contributed by atoms with Gasteiger partial charge in [-0.15, -0.1) is 0 Å². The first kappa shape index (κ1) is 14.6. The van der Waals surface area contributed by atoms with Crippen LogP contribution >= 0.6 is 0 Å². The second-order valence-electron chi connectivity index (χ2n) is 4.42. The molecule has 18 heavy (non-hydrogen) atoms. The summed E-state index contributed by atoms with van der Waals surface area (Å²) in [5.74, 6) is 2.40. The summed E-state index contributed by atoms with van der Waals surface area (Å²) in [5, 5.41) is 0. The van der Waals surface area contributed by atoms with Gasteiger partial charge in [-0.2, -0.15) is 0 Å². The van der Waals surface area contributed by atoms with Gasteiger partial charge < -0.3 is 19.1 Å². The molecule has 4 nitrogen and oxygen atoms in total. The lowest BCUT2D eigenvalue weighted by Crippen LogP contribution is -2.13. The van der Waals surface area contributed by atoms with Crippen molar-refractivity contribution in [1.82, 2.24) is 4.90 Å². The van der Waals surface area contributed by atoms with Crippen molar-refractivity contribution in [2.75, 3.05) is 42.0 Å². The Morgan fingerprint density at radius 2 is 1.50 bits per heavy atom. The predicted molar refractivity (Wildman–Crippen MR) is 73.0 cm³/mol. The minimum Gasteiger partial charge on any atom is -0.496 e. The van der Waals surface area contributed by atoms with Gasteiger partial charge in [-0.25, -0.2) is 0 Å². The van der Waals surface area contributed by atoms with Gasteiger partial charge in [-0.1, -0.05) is 0 Å². The molecule has 0 saturated carbocycles. The maximum Gasteiger partial charge on any atom is 0.129 e. The minimum atomic E-state index is 0.750. The molecule has 0 heterocycles. The molecular formula is C14H23NO3. The molecule has 1 aromatic rings. The molecule has 0 amide bonds. The number of hydrogen-bond acceptors (Lipinski definition) is 4. The highest BCUT2D eigenvalue weighted by Gasteiger charge is 2.12. The van der Waals surface area contributed by atoms with Crippen molar-refractivity contribution in [2.24, 2.45) is 0 Å². The van der Waals surface area contributed by atoms with Crippen LogP contribution in [0.2, 0.25) is 0 Å². The van der Waals surface area contributed by atoms with Gasteiger partial charge >= 0.3 is 0 Å². The molecule has 0 unspecified atom stereocenters. The molecular weight excluding hydrogens is 230 g/mol. The highest BCUT2D eigenvalue weighted by Crippen LogP contribution is 2.34. The van der Waals surface area contributed by atoms with Crippen LogP contribution in [0, 0.1) is 0 Å². The van der Waals surface area contributed by atoms with E-state index in [2.05, 4.69) is 19.0 Å². The van der Waals surface area contributed by atoms with Crippen LogP contribution in [-0.2, 0) is 6.42 Å². The molecule has 0 fully saturated rings. The molecule has 0 spiro atoms. The fraction of sp³-hybridized carbons (Fsp3) is 0.571. The van der Waals surface area contributed by atoms with Gasteiger partial charge in [0.15, 0.2) is 0 Å². The standard InChI is InChI=1S/C14H23NO3/c1-15(2)8-6-7-12-13(17-4)9-11(16-3)10-14(12)18-5/h9-10H,6-8H2,1-5H3. The Morgan fingerprint density at radius 3 is 1.89 bits per heavy atom. The zero-order valence-corrected chi connectivity index (χ0v) is 11.9. The number of rotatable bonds is 7. The van der Waals surface area contributed by atoms with Gasteiger partial charge in [-0.05, 0) is 33.5 Å². The van der Waals surface area contributed by atoms with Crippen LogP contribution in [0.4, 0.5) is 0 Å². The van der Waals surface area contributed by atoms with Crippen LogP contribution in [-0.4, -0.2) is 46.9 Å². The maximum atomic E-state index is 5.41. The molecule has 0 aliphatic carbocycles. The summed E-state index contributed by atoms with van der Waals surface area (Å²) < 4.78 is 16.1. The number of benzene rings is 1. The first-order valence-corrected chi connectivity index (χ1v) is 6.06. The van der Waals surface area contributed by atoms with Gasteiger partial charge in [0, 0.05) is 17.7 Å². The third-order valence-corrected chi connectivity index (χ3v) is 2.85. The van der Waals surface area contributed by atoms with Gasteiger partial charge in [0.25, 0.3) is 0 Å². The lowest BCUT2D eigenvalue weighted by molar-refractivity contribution is 0.362. The predicted octanol–water partition coefficient (Wildman–Crippen LogP) is 2.21. The monoisotopic (exact) mass is 253 g/mol. The van der Waals surface area contributed by atoms with Crippen molar-refractivity contribution in [2.45, 2.75) is 12.8 Å². The van der Waals surface area contributed by atoms with Gasteiger partial charge in [0.2, 0.25) is 0 Å². The van der Waals surface area contributed by atoms with E-state index < -0.39 is 0 Å². The fourth-order valence-electron chi connectivity index (χ4n) is 1.90. The summed E-state index contributed by atoms with van der Waals surface area (Å²) in [7, 11) is 9.12. The average molecular weight is 253 g/mol. The summed E-state index contributed by atoms with van der Waals surface area (Å²) in [6.07, 6.45) is 1.99. The zero-order chi connectivity index (χ0) is 13.5. The largest absolute Gasteiger partial charge is 0.496 e. The van der Waals surface area contributed by atoms with Crippen molar-refractivity contribution in [3.05, 3.63) is 17.7 Å². The summed E-state index contributed by atoms with van der Waals surface area (Å²) in [6.45, 7) is 1.04. The molecule has 102 valence electrons. The summed E-state index contributed by atoms with van der Waals surface area (Å²) in [4.78, 5) is 2.17. The lowest BCUT2D eigenvalue weighted by Gasteiger charge is -2.16. The van der Waals surface area contributed by atoms with E-state index >= 15 is 0 Å². The van der Waals surface area contributed by atoms with Crippen LogP contribution in [0.5, 0.6) is 17.2 Å². The zero-order valence-electron chi connectivity index (χ0n) is 11.9. The van der Waals surface area contributed by atoms with Crippen LogP contribution in [0.15, 0.2) is 12.1 Å². The third kappa shape index (κ3) is 3.81. The topological polar surface area (TPSA) is 30.9 Å². The van der Waals surface area contributed by atoms with E-state index in [0.717, 1.165) is 42.2 Å². The summed E-state index contributed by atoms with van der Waals surface area (Å²) >= 11 is 0. The Hall–Kier alpha value is -1.42. The Kier molecular flexibility index (Phi) is 5.78. The first-order chi connectivity index (χ1) is 8.62. The van der Waals surface area contributed by atoms with E-state index in [9.17, 15) is 0 Å². The number of ether oxygens (including phenoxy) is 3. The molecule has 1 aromatic carbocycles.